The summed E-state index contributed by atoms with van der Waals surface area (Å²) >= 11 is 0. The van der Waals surface area contributed by atoms with Gasteiger partial charge in [-0.3, -0.25) is 14.9 Å². The van der Waals surface area contributed by atoms with Gasteiger partial charge < -0.3 is 14.8 Å². The Kier molecular flexibility index (Phi) is 4.75. The second-order valence-electron chi connectivity index (χ2n) is 4.44. The van der Waals surface area contributed by atoms with E-state index in [4.69, 9.17) is 9.47 Å². The molecular weight excluding hydrogens is 307 g/mol. The molecule has 0 saturated heterocycles. The minimum absolute atomic E-state index is 0.287. The third-order valence-electron chi connectivity index (χ3n) is 3.06. The van der Waals surface area contributed by atoms with Crippen molar-refractivity contribution in [1.82, 2.24) is 0 Å². The van der Waals surface area contributed by atoms with Crippen LogP contribution in [0.2, 0.25) is 0 Å². The largest absolute Gasteiger partial charge is 0.497 e. The standard InChI is InChI=1S/C15H13FN2O5/c1-22-10-4-6-14(23-2)13(8-10)17-15(19)11-5-3-9(18(20)21)7-12(11)16/h3-8H,1-2H3,(H,17,19). The van der Waals surface area contributed by atoms with Gasteiger partial charge in [0.25, 0.3) is 11.6 Å². The number of rotatable bonds is 5. The summed E-state index contributed by atoms with van der Waals surface area (Å²) in [6.07, 6.45) is 0. The van der Waals surface area contributed by atoms with Crippen LogP contribution in [0.3, 0.4) is 0 Å². The van der Waals surface area contributed by atoms with Crippen molar-refractivity contribution in [3.8, 4) is 11.5 Å². The summed E-state index contributed by atoms with van der Waals surface area (Å²) in [6, 6.07) is 7.54. The average Bonchev–Trinajstić information content (AvgIpc) is 2.54. The van der Waals surface area contributed by atoms with E-state index in [1.807, 2.05) is 0 Å². The second kappa shape index (κ2) is 6.73. The zero-order valence-corrected chi connectivity index (χ0v) is 12.3. The maximum atomic E-state index is 13.9. The quantitative estimate of drug-likeness (QED) is 0.675. The van der Waals surface area contributed by atoms with Gasteiger partial charge in [-0.15, -0.1) is 0 Å². The van der Waals surface area contributed by atoms with Crippen molar-refractivity contribution >= 4 is 17.3 Å². The van der Waals surface area contributed by atoms with E-state index in [9.17, 15) is 19.3 Å². The lowest BCUT2D eigenvalue weighted by molar-refractivity contribution is -0.385. The number of carbonyl (C=O) groups is 1. The molecule has 8 heteroatoms. The van der Waals surface area contributed by atoms with Gasteiger partial charge in [0.15, 0.2) is 0 Å². The molecule has 0 aliphatic heterocycles. The number of amides is 1. The molecule has 120 valence electrons. The van der Waals surface area contributed by atoms with Gasteiger partial charge in [-0.05, 0) is 18.2 Å². The molecule has 2 rings (SSSR count). The number of methoxy groups -OCH3 is 2. The predicted molar refractivity (Wildman–Crippen MR) is 80.6 cm³/mol. The topological polar surface area (TPSA) is 90.7 Å². The van der Waals surface area contributed by atoms with Crippen LogP contribution in [0.15, 0.2) is 36.4 Å². The number of carbonyl (C=O) groups excluding carboxylic acids is 1. The molecule has 7 nitrogen and oxygen atoms in total. The van der Waals surface area contributed by atoms with Crippen molar-refractivity contribution in [2.75, 3.05) is 19.5 Å². The number of hydrogen-bond donors (Lipinski definition) is 1. The normalized spacial score (nSPS) is 10.0. The molecule has 0 unspecified atom stereocenters. The van der Waals surface area contributed by atoms with Crippen LogP contribution in [-0.4, -0.2) is 25.1 Å². The Bertz CT molecular complexity index is 764. The van der Waals surface area contributed by atoms with E-state index in [1.54, 1.807) is 12.1 Å². The Morgan fingerprint density at radius 2 is 1.91 bits per heavy atom. The van der Waals surface area contributed by atoms with Crippen LogP contribution < -0.4 is 14.8 Å². The molecule has 0 spiro atoms. The first-order chi connectivity index (χ1) is 11.0. The number of benzene rings is 2. The van der Waals surface area contributed by atoms with Gasteiger partial charge in [0.05, 0.1) is 36.5 Å². The smallest absolute Gasteiger partial charge is 0.272 e. The highest BCUT2D eigenvalue weighted by Crippen LogP contribution is 2.29. The summed E-state index contributed by atoms with van der Waals surface area (Å²) in [5.41, 5.74) is -0.465. The molecule has 2 aromatic rings. The first kappa shape index (κ1) is 16.2. The molecule has 0 heterocycles. The SMILES string of the molecule is COc1ccc(OC)c(NC(=O)c2ccc([N+](=O)[O-])cc2F)c1. The summed E-state index contributed by atoms with van der Waals surface area (Å²) < 4.78 is 24.0. The molecular formula is C15H13FN2O5. The highest BCUT2D eigenvalue weighted by atomic mass is 19.1. The fourth-order valence-electron chi connectivity index (χ4n) is 1.90. The molecule has 2 aromatic carbocycles. The number of ether oxygens (including phenoxy) is 2. The van der Waals surface area contributed by atoms with Crippen LogP contribution in [0, 0.1) is 15.9 Å². The van der Waals surface area contributed by atoms with Crippen molar-refractivity contribution in [3.05, 3.63) is 57.9 Å². The molecule has 23 heavy (non-hydrogen) atoms. The summed E-state index contributed by atoms with van der Waals surface area (Å²) in [6.45, 7) is 0. The second-order valence-corrected chi connectivity index (χ2v) is 4.44. The fraction of sp³-hybridized carbons (Fsp3) is 0.133. The van der Waals surface area contributed by atoms with Gasteiger partial charge >= 0.3 is 0 Å². The summed E-state index contributed by atoms with van der Waals surface area (Å²) in [7, 11) is 2.88. The fourth-order valence-corrected chi connectivity index (χ4v) is 1.90. The number of nitro benzene ring substituents is 1. The number of nitro groups is 1. The number of anilines is 1. The Morgan fingerprint density at radius 1 is 1.17 bits per heavy atom. The molecule has 1 N–H and O–H groups in total. The van der Waals surface area contributed by atoms with E-state index in [2.05, 4.69) is 5.32 Å². The van der Waals surface area contributed by atoms with E-state index in [0.29, 0.717) is 17.6 Å². The first-order valence-corrected chi connectivity index (χ1v) is 6.43. The lowest BCUT2D eigenvalue weighted by Gasteiger charge is -2.12. The molecule has 0 aliphatic rings. The molecule has 0 fully saturated rings. The van der Waals surface area contributed by atoms with Gasteiger partial charge in [-0.1, -0.05) is 0 Å². The van der Waals surface area contributed by atoms with Gasteiger partial charge in [0.2, 0.25) is 0 Å². The zero-order valence-electron chi connectivity index (χ0n) is 12.3. The Labute approximate surface area is 130 Å². The lowest BCUT2D eigenvalue weighted by Crippen LogP contribution is -2.14. The molecule has 0 saturated carbocycles. The van der Waals surface area contributed by atoms with Crippen LogP contribution in [0.25, 0.3) is 0 Å². The van der Waals surface area contributed by atoms with Gasteiger partial charge in [0.1, 0.15) is 17.3 Å². The lowest BCUT2D eigenvalue weighted by atomic mass is 10.1. The summed E-state index contributed by atoms with van der Waals surface area (Å²) in [4.78, 5) is 22.0. The summed E-state index contributed by atoms with van der Waals surface area (Å²) in [5.74, 6) is -0.908. The Balaban J connectivity index is 2.30. The van der Waals surface area contributed by atoms with Gasteiger partial charge in [0, 0.05) is 12.1 Å². The number of non-ortho nitro benzene ring substituents is 1. The van der Waals surface area contributed by atoms with Crippen molar-refractivity contribution in [3.63, 3.8) is 0 Å². The predicted octanol–water partition coefficient (Wildman–Crippen LogP) is 3.00. The van der Waals surface area contributed by atoms with Crippen molar-refractivity contribution in [2.45, 2.75) is 0 Å². The number of nitrogens with zero attached hydrogens (tertiary/aromatic N) is 1. The molecule has 0 aromatic heterocycles. The highest BCUT2D eigenvalue weighted by Gasteiger charge is 2.17. The number of nitrogens with one attached hydrogen (secondary N) is 1. The van der Waals surface area contributed by atoms with Crippen LogP contribution in [0.4, 0.5) is 15.8 Å². The average molecular weight is 320 g/mol. The van der Waals surface area contributed by atoms with E-state index < -0.39 is 22.3 Å². The third-order valence-corrected chi connectivity index (χ3v) is 3.06. The van der Waals surface area contributed by atoms with Crippen LogP contribution in [0.1, 0.15) is 10.4 Å². The molecule has 1 amide bonds. The van der Waals surface area contributed by atoms with Crippen molar-refractivity contribution in [2.24, 2.45) is 0 Å². The van der Waals surface area contributed by atoms with Gasteiger partial charge in [-0.2, -0.15) is 0 Å². The molecule has 0 radical (unpaired) electrons. The monoisotopic (exact) mass is 320 g/mol. The first-order valence-electron chi connectivity index (χ1n) is 6.43. The maximum Gasteiger partial charge on any atom is 0.272 e. The summed E-state index contributed by atoms with van der Waals surface area (Å²) in [5, 5.41) is 13.1. The molecule has 0 atom stereocenters. The van der Waals surface area contributed by atoms with Crippen molar-refractivity contribution < 1.29 is 23.6 Å². The highest BCUT2D eigenvalue weighted by molar-refractivity contribution is 6.05. The zero-order chi connectivity index (χ0) is 17.0. The van der Waals surface area contributed by atoms with E-state index in [0.717, 1.165) is 12.1 Å². The van der Waals surface area contributed by atoms with E-state index in [-0.39, 0.29) is 11.3 Å². The van der Waals surface area contributed by atoms with E-state index >= 15 is 0 Å². The van der Waals surface area contributed by atoms with Gasteiger partial charge in [-0.25, -0.2) is 4.39 Å². The number of hydrogen-bond acceptors (Lipinski definition) is 5. The minimum atomic E-state index is -0.987. The number of halogens is 1. The van der Waals surface area contributed by atoms with E-state index in [1.165, 1.54) is 20.3 Å². The van der Waals surface area contributed by atoms with Crippen LogP contribution in [-0.2, 0) is 0 Å². The molecule has 0 aliphatic carbocycles. The maximum absolute atomic E-state index is 13.9. The van der Waals surface area contributed by atoms with Crippen LogP contribution >= 0.6 is 0 Å². The third kappa shape index (κ3) is 3.54. The van der Waals surface area contributed by atoms with Crippen LogP contribution in [0.5, 0.6) is 11.5 Å². The molecule has 0 bridgehead atoms. The minimum Gasteiger partial charge on any atom is -0.497 e. The Hall–Kier alpha value is -3.16. The van der Waals surface area contributed by atoms with Crippen molar-refractivity contribution in [1.29, 1.82) is 0 Å². The Morgan fingerprint density at radius 3 is 2.48 bits per heavy atom.